The standard InChI is InChI=1S/C11H12NO5/c1-8-4-5-9(7-10(8)12(15)16)17-6-2-3-11(13)14/h4-5,7H,1-3,6H2,(H,13,14). The molecule has 1 radical (unpaired) electrons. The molecule has 0 amide bonds. The van der Waals surface area contributed by atoms with Crippen molar-refractivity contribution in [3.05, 3.63) is 40.8 Å². The number of ether oxygens (including phenoxy) is 1. The summed E-state index contributed by atoms with van der Waals surface area (Å²) in [5.41, 5.74) is 0.202. The van der Waals surface area contributed by atoms with Crippen LogP contribution in [0.3, 0.4) is 0 Å². The van der Waals surface area contributed by atoms with Crippen LogP contribution in [0, 0.1) is 17.0 Å². The van der Waals surface area contributed by atoms with Crippen molar-refractivity contribution in [3.8, 4) is 5.75 Å². The van der Waals surface area contributed by atoms with Crippen molar-refractivity contribution in [3.63, 3.8) is 0 Å². The van der Waals surface area contributed by atoms with Gasteiger partial charge in [-0.25, -0.2) is 0 Å². The Morgan fingerprint density at radius 1 is 1.53 bits per heavy atom. The van der Waals surface area contributed by atoms with Crippen LogP contribution in [0.5, 0.6) is 5.75 Å². The fourth-order valence-electron chi connectivity index (χ4n) is 1.22. The third kappa shape index (κ3) is 4.10. The average molecular weight is 238 g/mol. The minimum Gasteiger partial charge on any atom is -0.493 e. The number of carboxylic acids is 1. The zero-order valence-corrected chi connectivity index (χ0v) is 9.09. The summed E-state index contributed by atoms with van der Waals surface area (Å²) in [7, 11) is 0. The van der Waals surface area contributed by atoms with Crippen LogP contribution in [0.4, 0.5) is 5.69 Å². The molecule has 17 heavy (non-hydrogen) atoms. The van der Waals surface area contributed by atoms with Crippen LogP contribution in [-0.4, -0.2) is 22.6 Å². The number of hydrogen-bond acceptors (Lipinski definition) is 4. The van der Waals surface area contributed by atoms with Gasteiger partial charge in [-0.3, -0.25) is 14.9 Å². The van der Waals surface area contributed by atoms with Gasteiger partial charge in [-0.1, -0.05) is 0 Å². The normalized spacial score (nSPS) is 9.94. The molecule has 91 valence electrons. The predicted molar refractivity (Wildman–Crippen MR) is 59.9 cm³/mol. The zero-order valence-electron chi connectivity index (χ0n) is 9.09. The van der Waals surface area contributed by atoms with Gasteiger partial charge in [0.05, 0.1) is 17.6 Å². The molecule has 0 unspecified atom stereocenters. The Labute approximate surface area is 98.0 Å². The van der Waals surface area contributed by atoms with Crippen molar-refractivity contribution < 1.29 is 19.6 Å². The number of benzene rings is 1. The van der Waals surface area contributed by atoms with Gasteiger partial charge in [0, 0.05) is 12.0 Å². The van der Waals surface area contributed by atoms with E-state index in [2.05, 4.69) is 6.92 Å². The molecule has 1 aromatic carbocycles. The Balaban J connectivity index is 2.57. The molecule has 6 heteroatoms. The van der Waals surface area contributed by atoms with Crippen molar-refractivity contribution >= 4 is 11.7 Å². The van der Waals surface area contributed by atoms with Crippen LogP contribution in [0.2, 0.25) is 0 Å². The van der Waals surface area contributed by atoms with Gasteiger partial charge in [-0.2, -0.15) is 0 Å². The van der Waals surface area contributed by atoms with Gasteiger partial charge in [0.25, 0.3) is 5.69 Å². The second-order valence-electron chi connectivity index (χ2n) is 3.39. The monoisotopic (exact) mass is 238 g/mol. The van der Waals surface area contributed by atoms with Gasteiger partial charge in [-0.05, 0) is 25.5 Å². The number of hydrogen-bond donors (Lipinski definition) is 1. The molecule has 0 saturated heterocycles. The molecule has 6 nitrogen and oxygen atoms in total. The van der Waals surface area contributed by atoms with E-state index in [9.17, 15) is 14.9 Å². The van der Waals surface area contributed by atoms with E-state index in [1.165, 1.54) is 12.1 Å². The molecule has 0 saturated carbocycles. The van der Waals surface area contributed by atoms with Crippen molar-refractivity contribution in [1.29, 1.82) is 0 Å². The van der Waals surface area contributed by atoms with E-state index in [1.54, 1.807) is 6.07 Å². The second-order valence-corrected chi connectivity index (χ2v) is 3.39. The Hall–Kier alpha value is -2.11. The summed E-state index contributed by atoms with van der Waals surface area (Å²) in [5.74, 6) is -0.554. The van der Waals surface area contributed by atoms with E-state index in [0.717, 1.165) is 0 Å². The first-order valence-corrected chi connectivity index (χ1v) is 4.95. The number of carbonyl (C=O) groups is 1. The van der Waals surface area contributed by atoms with Gasteiger partial charge < -0.3 is 9.84 Å². The predicted octanol–water partition coefficient (Wildman–Crippen LogP) is 2.02. The SMILES string of the molecule is [CH2]c1ccc(OCCCC(=O)O)cc1[N+](=O)[O-]. The number of aliphatic carboxylic acids is 1. The maximum Gasteiger partial charge on any atom is 0.303 e. The third-order valence-corrected chi connectivity index (χ3v) is 2.06. The molecule has 0 aliphatic carbocycles. The smallest absolute Gasteiger partial charge is 0.303 e. The van der Waals surface area contributed by atoms with Crippen LogP contribution in [0.15, 0.2) is 18.2 Å². The Morgan fingerprint density at radius 3 is 2.82 bits per heavy atom. The molecule has 0 fully saturated rings. The minimum absolute atomic E-state index is 0.00943. The molecule has 0 aliphatic heterocycles. The fourth-order valence-corrected chi connectivity index (χ4v) is 1.22. The van der Waals surface area contributed by atoms with E-state index < -0.39 is 10.9 Å². The lowest BCUT2D eigenvalue weighted by molar-refractivity contribution is -0.385. The fraction of sp³-hybridized carbons (Fsp3) is 0.273. The topological polar surface area (TPSA) is 89.7 Å². The summed E-state index contributed by atoms with van der Waals surface area (Å²) in [4.78, 5) is 20.3. The Kier molecular flexibility index (Phi) is 4.45. The highest BCUT2D eigenvalue weighted by Gasteiger charge is 2.11. The number of nitro groups is 1. The van der Waals surface area contributed by atoms with E-state index in [-0.39, 0.29) is 18.7 Å². The van der Waals surface area contributed by atoms with Crippen LogP contribution in [0.1, 0.15) is 18.4 Å². The lowest BCUT2D eigenvalue weighted by Crippen LogP contribution is -2.02. The van der Waals surface area contributed by atoms with Crippen molar-refractivity contribution in [2.75, 3.05) is 6.61 Å². The lowest BCUT2D eigenvalue weighted by Gasteiger charge is -2.05. The van der Waals surface area contributed by atoms with E-state index in [1.807, 2.05) is 0 Å². The second kappa shape index (κ2) is 5.83. The van der Waals surface area contributed by atoms with E-state index in [0.29, 0.717) is 17.7 Å². The molecule has 0 aliphatic rings. The number of rotatable bonds is 6. The molecular formula is C11H12NO5. The maximum atomic E-state index is 10.6. The van der Waals surface area contributed by atoms with Crippen LogP contribution in [-0.2, 0) is 4.79 Å². The van der Waals surface area contributed by atoms with E-state index in [4.69, 9.17) is 9.84 Å². The van der Waals surface area contributed by atoms with Gasteiger partial charge >= 0.3 is 5.97 Å². The number of nitro benzene ring substituents is 1. The number of nitrogens with zero attached hydrogens (tertiary/aromatic N) is 1. The average Bonchev–Trinajstić information content (AvgIpc) is 2.25. The highest BCUT2D eigenvalue weighted by Crippen LogP contribution is 2.23. The molecule has 1 aromatic rings. The summed E-state index contributed by atoms with van der Waals surface area (Å²) in [6.45, 7) is 3.74. The highest BCUT2D eigenvalue weighted by molar-refractivity contribution is 5.66. The largest absolute Gasteiger partial charge is 0.493 e. The highest BCUT2D eigenvalue weighted by atomic mass is 16.6. The Morgan fingerprint density at radius 2 is 2.24 bits per heavy atom. The molecule has 0 heterocycles. The number of carboxylic acid groups (broad SMARTS) is 1. The van der Waals surface area contributed by atoms with Crippen molar-refractivity contribution in [2.24, 2.45) is 0 Å². The van der Waals surface area contributed by atoms with Crippen LogP contribution < -0.4 is 4.74 Å². The first kappa shape index (κ1) is 13.0. The Bertz CT molecular complexity index is 430. The van der Waals surface area contributed by atoms with Gasteiger partial charge in [-0.15, -0.1) is 0 Å². The minimum atomic E-state index is -0.896. The van der Waals surface area contributed by atoms with Gasteiger partial charge in [0.1, 0.15) is 5.75 Å². The van der Waals surface area contributed by atoms with Crippen molar-refractivity contribution in [2.45, 2.75) is 12.8 Å². The molecule has 1 N–H and O–H groups in total. The van der Waals surface area contributed by atoms with Crippen LogP contribution >= 0.6 is 0 Å². The molecule has 0 spiro atoms. The molecular weight excluding hydrogens is 226 g/mol. The lowest BCUT2D eigenvalue weighted by atomic mass is 10.2. The van der Waals surface area contributed by atoms with Crippen LogP contribution in [0.25, 0.3) is 0 Å². The molecule has 1 rings (SSSR count). The summed E-state index contributed by atoms with van der Waals surface area (Å²) in [5, 5.41) is 19.0. The van der Waals surface area contributed by atoms with E-state index >= 15 is 0 Å². The summed E-state index contributed by atoms with van der Waals surface area (Å²) < 4.78 is 5.21. The quantitative estimate of drug-likeness (QED) is 0.465. The van der Waals surface area contributed by atoms with Gasteiger partial charge in [0.2, 0.25) is 0 Å². The molecule has 0 aromatic heterocycles. The first-order chi connectivity index (χ1) is 8.00. The summed E-state index contributed by atoms with van der Waals surface area (Å²) in [6.07, 6.45) is 0.366. The van der Waals surface area contributed by atoms with Crippen molar-refractivity contribution in [1.82, 2.24) is 0 Å². The zero-order chi connectivity index (χ0) is 12.8. The molecule has 0 atom stereocenters. The third-order valence-electron chi connectivity index (χ3n) is 2.06. The molecule has 0 bridgehead atoms. The summed E-state index contributed by atoms with van der Waals surface area (Å²) >= 11 is 0. The maximum absolute atomic E-state index is 10.6. The first-order valence-electron chi connectivity index (χ1n) is 4.95. The van der Waals surface area contributed by atoms with Gasteiger partial charge in [0.15, 0.2) is 0 Å². The summed E-state index contributed by atoms with van der Waals surface area (Å²) in [6, 6.07) is 4.34.